The number of carbonyl (C=O) groups excluding carboxylic acids is 2. The van der Waals surface area contributed by atoms with Gasteiger partial charge in [0, 0.05) is 0 Å². The number of benzene rings is 3. The number of esters is 2. The molecule has 3 rings (SSSR count). The molecule has 3 aromatic carbocycles. The molecule has 0 N–H and O–H groups in total. The molecule has 0 aliphatic carbocycles. The number of para-hydroxylation sites is 1. The maximum Gasteiger partial charge on any atom is 0.343 e. The average Bonchev–Trinajstić information content (AvgIpc) is 2.77. The molecule has 0 saturated carbocycles. The van der Waals surface area contributed by atoms with Gasteiger partial charge in [0.1, 0.15) is 30.5 Å². The first-order valence-corrected chi connectivity index (χ1v) is 8.97. The summed E-state index contributed by atoms with van der Waals surface area (Å²) in [7, 11) is 1.29. The van der Waals surface area contributed by atoms with Gasteiger partial charge in [0.2, 0.25) is 0 Å². The van der Waals surface area contributed by atoms with Crippen LogP contribution in [-0.4, -0.2) is 32.3 Å². The van der Waals surface area contributed by atoms with E-state index in [1.165, 1.54) is 13.2 Å². The van der Waals surface area contributed by atoms with Crippen molar-refractivity contribution in [2.45, 2.75) is 0 Å². The van der Waals surface area contributed by atoms with Gasteiger partial charge in [-0.3, -0.25) is 0 Å². The van der Waals surface area contributed by atoms with Crippen molar-refractivity contribution in [3.63, 3.8) is 0 Å². The second-order valence-electron chi connectivity index (χ2n) is 5.95. The molecule has 29 heavy (non-hydrogen) atoms. The molecule has 0 aromatic heterocycles. The molecular formula is C23H20O6. The standard InChI is InChI=1S/C23H20O6/c1-26-22(24)17-7-6-12-21(16-17)29-23(25)18-8-5-11-20(15-18)28-14-13-27-19-9-3-2-4-10-19/h2-12,15-16H,13-14H2,1H3. The van der Waals surface area contributed by atoms with Gasteiger partial charge < -0.3 is 18.9 Å². The van der Waals surface area contributed by atoms with Crippen molar-refractivity contribution >= 4 is 11.9 Å². The molecule has 0 aliphatic rings. The SMILES string of the molecule is COC(=O)c1cccc(OC(=O)c2cccc(OCCOc3ccccc3)c2)c1. The highest BCUT2D eigenvalue weighted by atomic mass is 16.5. The van der Waals surface area contributed by atoms with Crippen molar-refractivity contribution < 1.29 is 28.5 Å². The van der Waals surface area contributed by atoms with Crippen molar-refractivity contribution in [1.82, 2.24) is 0 Å². The number of hydrogen-bond acceptors (Lipinski definition) is 6. The van der Waals surface area contributed by atoms with Crippen LogP contribution in [0, 0.1) is 0 Å². The third-order valence-corrected chi connectivity index (χ3v) is 3.90. The summed E-state index contributed by atoms with van der Waals surface area (Å²) in [5, 5.41) is 0. The van der Waals surface area contributed by atoms with Crippen LogP contribution < -0.4 is 14.2 Å². The number of hydrogen-bond donors (Lipinski definition) is 0. The van der Waals surface area contributed by atoms with Crippen molar-refractivity contribution in [3.8, 4) is 17.2 Å². The minimum absolute atomic E-state index is 0.250. The van der Waals surface area contributed by atoms with Gasteiger partial charge in [0.05, 0.1) is 18.2 Å². The molecule has 0 bridgehead atoms. The normalized spacial score (nSPS) is 10.1. The predicted molar refractivity (Wildman–Crippen MR) is 107 cm³/mol. The number of methoxy groups -OCH3 is 1. The summed E-state index contributed by atoms with van der Waals surface area (Å²) in [6.07, 6.45) is 0. The zero-order valence-corrected chi connectivity index (χ0v) is 15.9. The fraction of sp³-hybridized carbons (Fsp3) is 0.130. The van der Waals surface area contributed by atoms with Gasteiger partial charge in [-0.25, -0.2) is 9.59 Å². The largest absolute Gasteiger partial charge is 0.490 e. The molecule has 0 amide bonds. The Morgan fingerprint density at radius 3 is 1.90 bits per heavy atom. The summed E-state index contributed by atoms with van der Waals surface area (Å²) in [5.74, 6) is 0.483. The summed E-state index contributed by atoms with van der Waals surface area (Å²) in [4.78, 5) is 24.0. The molecule has 6 nitrogen and oxygen atoms in total. The second-order valence-corrected chi connectivity index (χ2v) is 5.95. The minimum Gasteiger partial charge on any atom is -0.490 e. The van der Waals surface area contributed by atoms with E-state index in [9.17, 15) is 9.59 Å². The van der Waals surface area contributed by atoms with E-state index in [0.717, 1.165) is 5.75 Å². The van der Waals surface area contributed by atoms with Gasteiger partial charge in [-0.2, -0.15) is 0 Å². The first-order valence-electron chi connectivity index (χ1n) is 8.97. The Kier molecular flexibility index (Phi) is 6.84. The number of ether oxygens (including phenoxy) is 4. The summed E-state index contributed by atoms with van der Waals surface area (Å²) >= 11 is 0. The topological polar surface area (TPSA) is 71.1 Å². The van der Waals surface area contributed by atoms with Crippen molar-refractivity contribution in [2.24, 2.45) is 0 Å². The molecule has 148 valence electrons. The Morgan fingerprint density at radius 1 is 0.655 bits per heavy atom. The van der Waals surface area contributed by atoms with E-state index in [2.05, 4.69) is 4.74 Å². The molecule has 0 unspecified atom stereocenters. The Balaban J connectivity index is 1.56. The molecule has 0 atom stereocenters. The van der Waals surface area contributed by atoms with Gasteiger partial charge in [-0.1, -0.05) is 30.3 Å². The van der Waals surface area contributed by atoms with Crippen LogP contribution in [0.4, 0.5) is 0 Å². The van der Waals surface area contributed by atoms with E-state index < -0.39 is 11.9 Å². The van der Waals surface area contributed by atoms with Crippen LogP contribution in [0.15, 0.2) is 78.9 Å². The smallest absolute Gasteiger partial charge is 0.343 e. The lowest BCUT2D eigenvalue weighted by atomic mass is 10.2. The number of rotatable bonds is 8. The zero-order chi connectivity index (χ0) is 20.5. The fourth-order valence-corrected chi connectivity index (χ4v) is 2.52. The van der Waals surface area contributed by atoms with E-state index in [1.54, 1.807) is 42.5 Å². The molecule has 0 aliphatic heterocycles. The Hall–Kier alpha value is -3.80. The Bertz CT molecular complexity index is 968. The fourth-order valence-electron chi connectivity index (χ4n) is 2.52. The van der Waals surface area contributed by atoms with Gasteiger partial charge in [0.15, 0.2) is 0 Å². The quantitative estimate of drug-likeness (QED) is 0.326. The van der Waals surface area contributed by atoms with Crippen LogP contribution in [0.5, 0.6) is 17.2 Å². The van der Waals surface area contributed by atoms with Gasteiger partial charge in [-0.05, 0) is 48.5 Å². The summed E-state index contributed by atoms with van der Waals surface area (Å²) in [6.45, 7) is 0.702. The van der Waals surface area contributed by atoms with Gasteiger partial charge in [0.25, 0.3) is 0 Å². The Labute approximate surface area is 168 Å². The molecule has 0 heterocycles. The van der Waals surface area contributed by atoms with E-state index >= 15 is 0 Å². The molecule has 0 radical (unpaired) electrons. The molecule has 0 saturated heterocycles. The predicted octanol–water partition coefficient (Wildman–Crippen LogP) is 4.15. The van der Waals surface area contributed by atoms with Crippen LogP contribution in [0.1, 0.15) is 20.7 Å². The average molecular weight is 392 g/mol. The molecule has 6 heteroatoms. The van der Waals surface area contributed by atoms with E-state index in [-0.39, 0.29) is 5.75 Å². The van der Waals surface area contributed by atoms with E-state index in [4.69, 9.17) is 14.2 Å². The maximum atomic E-state index is 12.4. The van der Waals surface area contributed by atoms with Gasteiger partial charge in [-0.15, -0.1) is 0 Å². The maximum absolute atomic E-state index is 12.4. The molecule has 0 spiro atoms. The third kappa shape index (κ3) is 5.84. The minimum atomic E-state index is -0.557. The first kappa shape index (κ1) is 19.9. The third-order valence-electron chi connectivity index (χ3n) is 3.90. The summed E-state index contributed by atoms with van der Waals surface area (Å²) in [6, 6.07) is 22.3. The zero-order valence-electron chi connectivity index (χ0n) is 15.9. The number of carbonyl (C=O) groups is 2. The lowest BCUT2D eigenvalue weighted by Gasteiger charge is -2.10. The van der Waals surface area contributed by atoms with Crippen molar-refractivity contribution in [1.29, 1.82) is 0 Å². The lowest BCUT2D eigenvalue weighted by Crippen LogP contribution is -2.11. The van der Waals surface area contributed by atoms with Crippen LogP contribution in [-0.2, 0) is 4.74 Å². The molecule has 3 aromatic rings. The second kappa shape index (κ2) is 9.94. The highest BCUT2D eigenvalue weighted by Gasteiger charge is 2.12. The van der Waals surface area contributed by atoms with E-state index in [0.29, 0.717) is 30.1 Å². The monoisotopic (exact) mass is 392 g/mol. The lowest BCUT2D eigenvalue weighted by molar-refractivity contribution is 0.0597. The van der Waals surface area contributed by atoms with E-state index in [1.807, 2.05) is 30.3 Å². The molecular weight excluding hydrogens is 372 g/mol. The van der Waals surface area contributed by atoms with Crippen LogP contribution in [0.3, 0.4) is 0 Å². The van der Waals surface area contributed by atoms with Crippen LogP contribution in [0.2, 0.25) is 0 Å². The van der Waals surface area contributed by atoms with Crippen LogP contribution in [0.25, 0.3) is 0 Å². The summed E-state index contributed by atoms with van der Waals surface area (Å²) in [5.41, 5.74) is 0.628. The highest BCUT2D eigenvalue weighted by molar-refractivity contribution is 5.92. The van der Waals surface area contributed by atoms with Crippen molar-refractivity contribution in [3.05, 3.63) is 90.0 Å². The first-order chi connectivity index (χ1) is 14.2. The highest BCUT2D eigenvalue weighted by Crippen LogP contribution is 2.18. The Morgan fingerprint density at radius 2 is 1.21 bits per heavy atom. The summed E-state index contributed by atoms with van der Waals surface area (Å²) < 4.78 is 21.2. The molecule has 0 fully saturated rings. The van der Waals surface area contributed by atoms with Crippen molar-refractivity contribution in [2.75, 3.05) is 20.3 Å². The van der Waals surface area contributed by atoms with Gasteiger partial charge >= 0.3 is 11.9 Å². The van der Waals surface area contributed by atoms with Crippen LogP contribution >= 0.6 is 0 Å².